The summed E-state index contributed by atoms with van der Waals surface area (Å²) in [6.45, 7) is 7.52. The van der Waals surface area contributed by atoms with Gasteiger partial charge in [0.2, 0.25) is 0 Å². The van der Waals surface area contributed by atoms with Crippen molar-refractivity contribution < 1.29 is 4.74 Å². The van der Waals surface area contributed by atoms with E-state index < -0.39 is 0 Å². The SMILES string of the molecule is CC1CCN(CCOCc2ccccc2)CC1. The zero-order valence-corrected chi connectivity index (χ0v) is 10.8. The van der Waals surface area contributed by atoms with Crippen LogP contribution < -0.4 is 0 Å². The maximum Gasteiger partial charge on any atom is 0.0717 e. The largest absolute Gasteiger partial charge is 0.375 e. The summed E-state index contributed by atoms with van der Waals surface area (Å²) in [6, 6.07) is 10.4. The number of hydrogen-bond donors (Lipinski definition) is 0. The third kappa shape index (κ3) is 4.49. The van der Waals surface area contributed by atoms with Gasteiger partial charge in [0.1, 0.15) is 0 Å². The predicted octanol–water partition coefficient (Wildman–Crippen LogP) is 2.94. The van der Waals surface area contributed by atoms with E-state index in [1.807, 2.05) is 6.07 Å². The van der Waals surface area contributed by atoms with E-state index in [-0.39, 0.29) is 0 Å². The van der Waals surface area contributed by atoms with Crippen LogP contribution in [0.15, 0.2) is 30.3 Å². The van der Waals surface area contributed by atoms with Gasteiger partial charge in [-0.3, -0.25) is 0 Å². The minimum atomic E-state index is 0.741. The van der Waals surface area contributed by atoms with Gasteiger partial charge < -0.3 is 9.64 Å². The molecule has 1 fully saturated rings. The van der Waals surface area contributed by atoms with E-state index in [4.69, 9.17) is 4.74 Å². The van der Waals surface area contributed by atoms with Gasteiger partial charge in [0.05, 0.1) is 13.2 Å². The smallest absolute Gasteiger partial charge is 0.0717 e. The molecule has 2 heteroatoms. The molecule has 2 nitrogen and oxygen atoms in total. The summed E-state index contributed by atoms with van der Waals surface area (Å²) in [7, 11) is 0. The van der Waals surface area contributed by atoms with Gasteiger partial charge in [-0.2, -0.15) is 0 Å². The van der Waals surface area contributed by atoms with E-state index in [0.717, 1.165) is 25.7 Å². The van der Waals surface area contributed by atoms with Crippen molar-refractivity contribution in [1.82, 2.24) is 4.90 Å². The van der Waals surface area contributed by atoms with E-state index in [2.05, 4.69) is 36.1 Å². The van der Waals surface area contributed by atoms with E-state index in [0.29, 0.717) is 0 Å². The summed E-state index contributed by atoms with van der Waals surface area (Å²) in [5, 5.41) is 0. The van der Waals surface area contributed by atoms with Gasteiger partial charge in [0.15, 0.2) is 0 Å². The van der Waals surface area contributed by atoms with Gasteiger partial charge in [-0.1, -0.05) is 37.3 Å². The first kappa shape index (κ1) is 12.6. The van der Waals surface area contributed by atoms with Crippen molar-refractivity contribution in [1.29, 1.82) is 0 Å². The number of benzene rings is 1. The molecule has 0 spiro atoms. The van der Waals surface area contributed by atoms with E-state index in [9.17, 15) is 0 Å². The lowest BCUT2D eigenvalue weighted by Gasteiger charge is -2.29. The van der Waals surface area contributed by atoms with Crippen LogP contribution in [0.4, 0.5) is 0 Å². The molecule has 0 atom stereocenters. The summed E-state index contributed by atoms with van der Waals surface area (Å²) >= 11 is 0. The lowest BCUT2D eigenvalue weighted by atomic mass is 9.99. The number of ether oxygens (including phenoxy) is 1. The van der Waals surface area contributed by atoms with Crippen LogP contribution in [-0.2, 0) is 11.3 Å². The Hall–Kier alpha value is -0.860. The second-order valence-corrected chi connectivity index (χ2v) is 5.06. The summed E-state index contributed by atoms with van der Waals surface area (Å²) in [6.07, 6.45) is 2.69. The lowest BCUT2D eigenvalue weighted by molar-refractivity contribution is 0.0807. The second kappa shape index (κ2) is 6.77. The summed E-state index contributed by atoms with van der Waals surface area (Å²) in [4.78, 5) is 2.52. The van der Waals surface area contributed by atoms with Crippen LogP contribution in [0.25, 0.3) is 0 Å². The first-order chi connectivity index (χ1) is 8.34. The van der Waals surface area contributed by atoms with Crippen LogP contribution >= 0.6 is 0 Å². The summed E-state index contributed by atoms with van der Waals surface area (Å²) < 4.78 is 5.71. The molecule has 0 radical (unpaired) electrons. The fourth-order valence-electron chi connectivity index (χ4n) is 2.24. The molecule has 0 saturated carbocycles. The van der Waals surface area contributed by atoms with Crippen LogP contribution in [0, 0.1) is 5.92 Å². The topological polar surface area (TPSA) is 12.5 Å². The molecule has 94 valence electrons. The molecule has 1 aliphatic heterocycles. The molecule has 0 bridgehead atoms. The van der Waals surface area contributed by atoms with E-state index in [1.54, 1.807) is 0 Å². The Labute approximate surface area is 105 Å². The minimum Gasteiger partial charge on any atom is -0.375 e. The van der Waals surface area contributed by atoms with Crippen molar-refractivity contribution >= 4 is 0 Å². The van der Waals surface area contributed by atoms with Crippen LogP contribution in [0.5, 0.6) is 0 Å². The van der Waals surface area contributed by atoms with Crippen molar-refractivity contribution in [2.75, 3.05) is 26.2 Å². The number of hydrogen-bond acceptors (Lipinski definition) is 2. The normalized spacial score (nSPS) is 18.4. The Morgan fingerprint density at radius 1 is 1.18 bits per heavy atom. The third-order valence-corrected chi connectivity index (χ3v) is 3.54. The zero-order chi connectivity index (χ0) is 11.9. The van der Waals surface area contributed by atoms with Crippen LogP contribution in [0.1, 0.15) is 25.3 Å². The average molecular weight is 233 g/mol. The first-order valence-electron chi connectivity index (χ1n) is 6.68. The Balaban J connectivity index is 1.57. The molecular formula is C15H23NO. The van der Waals surface area contributed by atoms with Crippen molar-refractivity contribution in [2.45, 2.75) is 26.4 Å². The van der Waals surface area contributed by atoms with E-state index >= 15 is 0 Å². The van der Waals surface area contributed by atoms with Crippen molar-refractivity contribution in [3.63, 3.8) is 0 Å². The Morgan fingerprint density at radius 3 is 2.59 bits per heavy atom. The predicted molar refractivity (Wildman–Crippen MR) is 70.9 cm³/mol. The van der Waals surface area contributed by atoms with Gasteiger partial charge in [-0.05, 0) is 37.4 Å². The Morgan fingerprint density at radius 2 is 1.88 bits per heavy atom. The number of piperidine rings is 1. The monoisotopic (exact) mass is 233 g/mol. The van der Waals surface area contributed by atoms with Crippen molar-refractivity contribution in [2.24, 2.45) is 5.92 Å². The molecule has 0 aromatic heterocycles. The highest BCUT2D eigenvalue weighted by Crippen LogP contribution is 2.15. The maximum atomic E-state index is 5.71. The van der Waals surface area contributed by atoms with Gasteiger partial charge in [0, 0.05) is 6.54 Å². The highest BCUT2D eigenvalue weighted by Gasteiger charge is 2.14. The highest BCUT2D eigenvalue weighted by atomic mass is 16.5. The minimum absolute atomic E-state index is 0.741. The molecule has 1 aromatic rings. The van der Waals surface area contributed by atoms with Crippen molar-refractivity contribution in [3.05, 3.63) is 35.9 Å². The third-order valence-electron chi connectivity index (χ3n) is 3.54. The molecule has 0 amide bonds. The van der Waals surface area contributed by atoms with E-state index in [1.165, 1.54) is 31.5 Å². The van der Waals surface area contributed by atoms with Gasteiger partial charge in [-0.25, -0.2) is 0 Å². The molecule has 1 heterocycles. The van der Waals surface area contributed by atoms with Crippen LogP contribution in [0.2, 0.25) is 0 Å². The molecule has 1 aromatic carbocycles. The molecule has 0 N–H and O–H groups in total. The van der Waals surface area contributed by atoms with Gasteiger partial charge >= 0.3 is 0 Å². The average Bonchev–Trinajstić information content (AvgIpc) is 2.38. The van der Waals surface area contributed by atoms with Crippen LogP contribution in [0.3, 0.4) is 0 Å². The Bertz CT molecular complexity index is 304. The second-order valence-electron chi connectivity index (χ2n) is 5.06. The van der Waals surface area contributed by atoms with Gasteiger partial charge in [-0.15, -0.1) is 0 Å². The standard InChI is InChI=1S/C15H23NO/c1-14-7-9-16(10-8-14)11-12-17-13-15-5-3-2-4-6-15/h2-6,14H,7-13H2,1H3. The Kier molecular flexibility index (Phi) is 5.02. The number of nitrogens with zero attached hydrogens (tertiary/aromatic N) is 1. The molecule has 1 saturated heterocycles. The molecule has 2 rings (SSSR count). The molecule has 0 aliphatic carbocycles. The number of likely N-dealkylation sites (tertiary alicyclic amines) is 1. The fraction of sp³-hybridized carbons (Fsp3) is 0.600. The molecule has 0 unspecified atom stereocenters. The number of rotatable bonds is 5. The molecule has 17 heavy (non-hydrogen) atoms. The van der Waals surface area contributed by atoms with Crippen LogP contribution in [-0.4, -0.2) is 31.1 Å². The summed E-state index contributed by atoms with van der Waals surface area (Å²) in [5.74, 6) is 0.913. The lowest BCUT2D eigenvalue weighted by Crippen LogP contribution is -2.35. The fourth-order valence-corrected chi connectivity index (χ4v) is 2.24. The highest BCUT2D eigenvalue weighted by molar-refractivity contribution is 5.13. The zero-order valence-electron chi connectivity index (χ0n) is 10.8. The summed E-state index contributed by atoms with van der Waals surface area (Å²) in [5.41, 5.74) is 1.26. The van der Waals surface area contributed by atoms with Gasteiger partial charge in [0.25, 0.3) is 0 Å². The molecular weight excluding hydrogens is 210 g/mol. The molecule has 1 aliphatic rings. The quantitative estimate of drug-likeness (QED) is 0.725. The van der Waals surface area contributed by atoms with Crippen molar-refractivity contribution in [3.8, 4) is 0 Å². The maximum absolute atomic E-state index is 5.71. The first-order valence-corrected chi connectivity index (χ1v) is 6.68.